The lowest BCUT2D eigenvalue weighted by Gasteiger charge is -2.06. The Morgan fingerprint density at radius 1 is 0.964 bits per heavy atom. The molecule has 0 amide bonds. The van der Waals surface area contributed by atoms with Crippen LogP contribution in [0.25, 0.3) is 11.1 Å². The van der Waals surface area contributed by atoms with Crippen molar-refractivity contribution in [3.05, 3.63) is 72.8 Å². The first-order valence-electron chi connectivity index (χ1n) is 8.77. The zero-order valence-electron chi connectivity index (χ0n) is 15.1. The van der Waals surface area contributed by atoms with Gasteiger partial charge < -0.3 is 14.5 Å². The van der Waals surface area contributed by atoms with Gasteiger partial charge in [0.25, 0.3) is 6.01 Å². The van der Waals surface area contributed by atoms with Crippen molar-refractivity contribution >= 4 is 32.6 Å². The standard InChI is InChI=1S/C21H18N2O4S/c1-2-28(24,25)18-12-13-20-19(14-18)23-21(27-20)22-15-8-10-17(11-9-15)26-16-6-4-3-5-7-16/h3-14H,2H2,1H3,(H,22,23). The molecule has 1 N–H and O–H groups in total. The number of nitrogens with one attached hydrogen (secondary N) is 1. The zero-order chi connectivity index (χ0) is 19.6. The predicted octanol–water partition coefficient (Wildman–Crippen LogP) is 5.16. The molecular weight excluding hydrogens is 376 g/mol. The molecule has 0 saturated heterocycles. The fourth-order valence-corrected chi connectivity index (χ4v) is 3.58. The second-order valence-electron chi connectivity index (χ2n) is 6.12. The van der Waals surface area contributed by atoms with Crippen molar-refractivity contribution in [1.82, 2.24) is 4.98 Å². The predicted molar refractivity (Wildman–Crippen MR) is 108 cm³/mol. The number of hydrogen-bond acceptors (Lipinski definition) is 6. The van der Waals surface area contributed by atoms with Crippen molar-refractivity contribution in [2.75, 3.05) is 11.1 Å². The van der Waals surface area contributed by atoms with E-state index in [2.05, 4.69) is 10.3 Å². The number of para-hydroxylation sites is 1. The van der Waals surface area contributed by atoms with Crippen LogP contribution in [0.15, 0.2) is 82.1 Å². The highest BCUT2D eigenvalue weighted by Crippen LogP contribution is 2.27. The van der Waals surface area contributed by atoms with E-state index in [0.29, 0.717) is 16.8 Å². The number of nitrogens with zero attached hydrogens (tertiary/aromatic N) is 1. The number of oxazole rings is 1. The monoisotopic (exact) mass is 394 g/mol. The molecule has 4 aromatic rings. The average Bonchev–Trinajstić information content (AvgIpc) is 3.12. The average molecular weight is 394 g/mol. The van der Waals surface area contributed by atoms with Crippen LogP contribution in [0.5, 0.6) is 11.5 Å². The molecule has 4 rings (SSSR count). The molecular formula is C21H18N2O4S. The second kappa shape index (κ2) is 7.36. The van der Waals surface area contributed by atoms with E-state index < -0.39 is 9.84 Å². The Balaban J connectivity index is 1.51. The van der Waals surface area contributed by atoms with Gasteiger partial charge in [-0.25, -0.2) is 8.42 Å². The number of hydrogen-bond donors (Lipinski definition) is 1. The maximum atomic E-state index is 12.0. The summed E-state index contributed by atoms with van der Waals surface area (Å²) in [6.45, 7) is 1.61. The molecule has 0 aliphatic carbocycles. The van der Waals surface area contributed by atoms with Crippen LogP contribution in [0.3, 0.4) is 0 Å². The first-order valence-corrected chi connectivity index (χ1v) is 10.4. The third kappa shape index (κ3) is 3.84. The number of benzene rings is 3. The molecule has 1 aromatic heterocycles. The summed E-state index contributed by atoms with van der Waals surface area (Å²) in [5, 5.41) is 3.07. The van der Waals surface area contributed by atoms with E-state index in [1.54, 1.807) is 13.0 Å². The fourth-order valence-electron chi connectivity index (χ4n) is 2.68. The van der Waals surface area contributed by atoms with Crippen LogP contribution >= 0.6 is 0 Å². The van der Waals surface area contributed by atoms with Crippen LogP contribution in [0.4, 0.5) is 11.7 Å². The number of ether oxygens (including phenoxy) is 1. The van der Waals surface area contributed by atoms with E-state index in [4.69, 9.17) is 9.15 Å². The Hall–Kier alpha value is -3.32. The second-order valence-corrected chi connectivity index (χ2v) is 8.39. The molecule has 0 aliphatic rings. The van der Waals surface area contributed by atoms with Gasteiger partial charge in [-0.1, -0.05) is 25.1 Å². The number of sulfone groups is 1. The smallest absolute Gasteiger partial charge is 0.300 e. The van der Waals surface area contributed by atoms with Crippen LogP contribution in [-0.2, 0) is 9.84 Å². The lowest BCUT2D eigenvalue weighted by Crippen LogP contribution is -2.03. The van der Waals surface area contributed by atoms with Crippen LogP contribution in [0.2, 0.25) is 0 Å². The van der Waals surface area contributed by atoms with E-state index >= 15 is 0 Å². The number of rotatable bonds is 6. The SMILES string of the molecule is CCS(=O)(=O)c1ccc2oc(Nc3ccc(Oc4ccccc4)cc3)nc2c1. The molecule has 0 saturated carbocycles. The van der Waals surface area contributed by atoms with E-state index in [1.807, 2.05) is 54.6 Å². The fraction of sp³-hybridized carbons (Fsp3) is 0.0952. The maximum Gasteiger partial charge on any atom is 0.300 e. The molecule has 142 valence electrons. The topological polar surface area (TPSA) is 81.4 Å². The van der Waals surface area contributed by atoms with Gasteiger partial charge in [0.2, 0.25) is 0 Å². The molecule has 0 aliphatic heterocycles. The highest BCUT2D eigenvalue weighted by molar-refractivity contribution is 7.91. The van der Waals surface area contributed by atoms with Crippen LogP contribution in [-0.4, -0.2) is 19.2 Å². The maximum absolute atomic E-state index is 12.0. The Bertz CT molecular complexity index is 1200. The van der Waals surface area contributed by atoms with Crippen molar-refractivity contribution in [1.29, 1.82) is 0 Å². The van der Waals surface area contributed by atoms with E-state index in [1.165, 1.54) is 12.1 Å². The summed E-state index contributed by atoms with van der Waals surface area (Å²) in [7, 11) is -3.29. The summed E-state index contributed by atoms with van der Waals surface area (Å²) in [6, 6.07) is 21.9. The minimum absolute atomic E-state index is 0.0405. The summed E-state index contributed by atoms with van der Waals surface area (Å²) in [4.78, 5) is 4.57. The van der Waals surface area contributed by atoms with Crippen molar-refractivity contribution in [3.8, 4) is 11.5 Å². The molecule has 7 heteroatoms. The van der Waals surface area contributed by atoms with Gasteiger partial charge in [0.15, 0.2) is 15.4 Å². The lowest BCUT2D eigenvalue weighted by molar-refractivity contribution is 0.483. The Labute approximate surface area is 162 Å². The van der Waals surface area contributed by atoms with Gasteiger partial charge in [-0.05, 0) is 54.6 Å². The minimum atomic E-state index is -3.29. The number of aromatic nitrogens is 1. The molecule has 0 spiro atoms. The molecule has 0 unspecified atom stereocenters. The third-order valence-corrected chi connectivity index (χ3v) is 5.91. The van der Waals surface area contributed by atoms with Crippen LogP contribution < -0.4 is 10.1 Å². The van der Waals surface area contributed by atoms with Gasteiger partial charge in [-0.2, -0.15) is 4.98 Å². The number of anilines is 2. The van der Waals surface area contributed by atoms with Gasteiger partial charge in [0.1, 0.15) is 17.0 Å². The van der Waals surface area contributed by atoms with E-state index in [0.717, 1.165) is 11.4 Å². The summed E-state index contributed by atoms with van der Waals surface area (Å²) in [6.07, 6.45) is 0. The number of fused-ring (bicyclic) bond motifs is 1. The van der Waals surface area contributed by atoms with Gasteiger partial charge in [0.05, 0.1) is 10.6 Å². The normalized spacial score (nSPS) is 11.5. The van der Waals surface area contributed by atoms with Gasteiger partial charge in [-0.3, -0.25) is 0 Å². The van der Waals surface area contributed by atoms with Gasteiger partial charge >= 0.3 is 0 Å². The van der Waals surface area contributed by atoms with E-state index in [-0.39, 0.29) is 16.7 Å². The van der Waals surface area contributed by atoms with Gasteiger partial charge in [0, 0.05) is 5.69 Å². The summed E-state index contributed by atoms with van der Waals surface area (Å²) >= 11 is 0. The first kappa shape index (κ1) is 18.1. The lowest BCUT2D eigenvalue weighted by atomic mass is 10.3. The van der Waals surface area contributed by atoms with Crippen molar-refractivity contribution in [2.45, 2.75) is 11.8 Å². The zero-order valence-corrected chi connectivity index (χ0v) is 15.9. The van der Waals surface area contributed by atoms with Crippen molar-refractivity contribution in [2.24, 2.45) is 0 Å². The molecule has 28 heavy (non-hydrogen) atoms. The summed E-state index contributed by atoms with van der Waals surface area (Å²) in [5.74, 6) is 1.52. The Morgan fingerprint density at radius 3 is 2.39 bits per heavy atom. The third-order valence-electron chi connectivity index (χ3n) is 4.18. The van der Waals surface area contributed by atoms with Crippen LogP contribution in [0.1, 0.15) is 6.92 Å². The quantitative estimate of drug-likeness (QED) is 0.487. The Kier molecular flexibility index (Phi) is 4.75. The summed E-state index contributed by atoms with van der Waals surface area (Å²) in [5.41, 5.74) is 1.77. The van der Waals surface area contributed by atoms with E-state index in [9.17, 15) is 8.42 Å². The van der Waals surface area contributed by atoms with Crippen molar-refractivity contribution < 1.29 is 17.6 Å². The molecule has 0 bridgehead atoms. The van der Waals surface area contributed by atoms with Crippen LogP contribution in [0, 0.1) is 0 Å². The molecule has 0 radical (unpaired) electrons. The molecule has 0 fully saturated rings. The summed E-state index contributed by atoms with van der Waals surface area (Å²) < 4.78 is 35.5. The highest BCUT2D eigenvalue weighted by atomic mass is 32.2. The van der Waals surface area contributed by atoms with Gasteiger partial charge in [-0.15, -0.1) is 0 Å². The first-order chi connectivity index (χ1) is 13.5. The molecule has 3 aromatic carbocycles. The largest absolute Gasteiger partial charge is 0.457 e. The molecule has 0 atom stereocenters. The Morgan fingerprint density at radius 2 is 1.68 bits per heavy atom. The minimum Gasteiger partial charge on any atom is -0.457 e. The highest BCUT2D eigenvalue weighted by Gasteiger charge is 2.14. The molecule has 1 heterocycles. The van der Waals surface area contributed by atoms with Crippen molar-refractivity contribution in [3.63, 3.8) is 0 Å². The molecule has 6 nitrogen and oxygen atoms in total.